The lowest BCUT2D eigenvalue weighted by molar-refractivity contribution is -0.134. The van der Waals surface area contributed by atoms with Gasteiger partial charge in [-0.3, -0.25) is 9.59 Å². The Bertz CT molecular complexity index is 1160. The van der Waals surface area contributed by atoms with E-state index in [1.165, 1.54) is 6.42 Å². The van der Waals surface area contributed by atoms with Crippen LogP contribution in [0.25, 0.3) is 11.5 Å². The van der Waals surface area contributed by atoms with Crippen LogP contribution >= 0.6 is 0 Å². The minimum atomic E-state index is -1.05. The van der Waals surface area contributed by atoms with E-state index >= 15 is 0 Å². The molecule has 7 heteroatoms. The van der Waals surface area contributed by atoms with Crippen LogP contribution in [0.5, 0.6) is 5.75 Å². The van der Waals surface area contributed by atoms with Gasteiger partial charge in [-0.25, -0.2) is 0 Å². The predicted octanol–water partition coefficient (Wildman–Crippen LogP) is 4.62. The second kappa shape index (κ2) is 9.05. The Balaban J connectivity index is 1.51. The summed E-state index contributed by atoms with van der Waals surface area (Å²) in [4.78, 5) is 29.3. The number of hydrogen-bond donors (Lipinski definition) is 1. The van der Waals surface area contributed by atoms with Crippen LogP contribution in [-0.4, -0.2) is 40.0 Å². The van der Waals surface area contributed by atoms with Crippen LogP contribution in [0.15, 0.2) is 59.2 Å². The number of nitrogens with zero attached hydrogens (tertiary/aromatic N) is 2. The smallest absolute Gasteiger partial charge is 0.271 e. The SMILES string of the molecule is COc1ccc(CN2C(=O)c3ccc(-c4ccco4)n3C[C@]2(C)C(=O)NC2CCCCC2)cc1. The number of hydrogen-bond acceptors (Lipinski definition) is 4. The highest BCUT2D eigenvalue weighted by Gasteiger charge is 2.48. The highest BCUT2D eigenvalue weighted by molar-refractivity contribution is 6.00. The first-order valence-corrected chi connectivity index (χ1v) is 12.0. The Morgan fingerprint density at radius 2 is 1.82 bits per heavy atom. The fourth-order valence-corrected chi connectivity index (χ4v) is 5.16. The number of ether oxygens (including phenoxy) is 1. The van der Waals surface area contributed by atoms with Crippen LogP contribution in [0.1, 0.15) is 55.1 Å². The molecule has 3 heterocycles. The zero-order valence-electron chi connectivity index (χ0n) is 19.8. The molecule has 1 atom stereocenters. The second-order valence-electron chi connectivity index (χ2n) is 9.49. The normalized spacial score (nSPS) is 20.8. The first-order chi connectivity index (χ1) is 16.5. The summed E-state index contributed by atoms with van der Waals surface area (Å²) in [6, 6.07) is 15.2. The van der Waals surface area contributed by atoms with Crippen molar-refractivity contribution in [3.05, 3.63) is 66.1 Å². The van der Waals surface area contributed by atoms with E-state index in [0.717, 1.165) is 42.7 Å². The lowest BCUT2D eigenvalue weighted by Crippen LogP contribution is -2.64. The Kier molecular flexibility index (Phi) is 5.94. The summed E-state index contributed by atoms with van der Waals surface area (Å²) in [6.45, 7) is 2.56. The molecule has 1 N–H and O–H groups in total. The lowest BCUT2D eigenvalue weighted by Gasteiger charge is -2.45. The summed E-state index contributed by atoms with van der Waals surface area (Å²) in [5, 5.41) is 3.27. The molecule has 7 nitrogen and oxygen atoms in total. The van der Waals surface area contributed by atoms with Gasteiger partial charge in [-0.15, -0.1) is 0 Å². The van der Waals surface area contributed by atoms with E-state index in [1.54, 1.807) is 18.3 Å². The molecule has 0 radical (unpaired) electrons. The molecule has 0 unspecified atom stereocenters. The van der Waals surface area contributed by atoms with Crippen LogP contribution < -0.4 is 10.1 Å². The van der Waals surface area contributed by atoms with Crippen LogP contribution in [0.2, 0.25) is 0 Å². The Morgan fingerprint density at radius 1 is 1.09 bits per heavy atom. The molecule has 2 aromatic heterocycles. The topological polar surface area (TPSA) is 76.7 Å². The summed E-state index contributed by atoms with van der Waals surface area (Å²) in [5.41, 5.74) is 1.25. The van der Waals surface area contributed by atoms with Crippen molar-refractivity contribution < 1.29 is 18.7 Å². The van der Waals surface area contributed by atoms with Crippen molar-refractivity contribution in [1.82, 2.24) is 14.8 Å². The van der Waals surface area contributed by atoms with Gasteiger partial charge >= 0.3 is 0 Å². The second-order valence-corrected chi connectivity index (χ2v) is 9.49. The molecule has 0 saturated heterocycles. The Hall–Kier alpha value is -3.48. The highest BCUT2D eigenvalue weighted by atomic mass is 16.5. The van der Waals surface area contributed by atoms with E-state index in [2.05, 4.69) is 5.32 Å². The molecule has 1 aliphatic heterocycles. The van der Waals surface area contributed by atoms with Gasteiger partial charge in [-0.05, 0) is 61.7 Å². The molecule has 2 amide bonds. The zero-order chi connectivity index (χ0) is 23.7. The van der Waals surface area contributed by atoms with Crippen molar-refractivity contribution in [2.75, 3.05) is 7.11 Å². The molecule has 1 aliphatic carbocycles. The van der Waals surface area contributed by atoms with Gasteiger partial charge in [0.1, 0.15) is 22.7 Å². The van der Waals surface area contributed by atoms with Gasteiger partial charge in [0.2, 0.25) is 5.91 Å². The predicted molar refractivity (Wildman–Crippen MR) is 128 cm³/mol. The molecular weight excluding hydrogens is 430 g/mol. The van der Waals surface area contributed by atoms with Crippen LogP contribution in [-0.2, 0) is 17.9 Å². The molecule has 2 aliphatic rings. The zero-order valence-corrected chi connectivity index (χ0v) is 19.8. The third-order valence-corrected chi connectivity index (χ3v) is 7.21. The molecule has 1 aromatic carbocycles. The Morgan fingerprint density at radius 3 is 2.50 bits per heavy atom. The largest absolute Gasteiger partial charge is 0.497 e. The van der Waals surface area contributed by atoms with Gasteiger partial charge in [0.15, 0.2) is 0 Å². The van der Waals surface area contributed by atoms with Gasteiger partial charge in [-0.1, -0.05) is 31.4 Å². The number of carbonyl (C=O) groups is 2. The standard InChI is InChI=1S/C27H31N3O4/c1-27(26(32)28-20-7-4-3-5-8-20)18-29-22(24-9-6-16-34-24)14-15-23(29)25(31)30(27)17-19-10-12-21(33-2)13-11-19/h6,9-16,20H,3-5,7-8,17-18H2,1-2H3,(H,28,32)/t27-/m1/s1. The summed E-state index contributed by atoms with van der Waals surface area (Å²) in [7, 11) is 1.63. The van der Waals surface area contributed by atoms with Crippen LogP contribution in [0.4, 0.5) is 0 Å². The molecule has 5 rings (SSSR count). The number of benzene rings is 1. The van der Waals surface area contributed by atoms with Crippen molar-refractivity contribution in [2.24, 2.45) is 0 Å². The maximum atomic E-state index is 13.8. The average Bonchev–Trinajstić information content (AvgIpc) is 3.53. The van der Waals surface area contributed by atoms with E-state index in [4.69, 9.17) is 9.15 Å². The van der Waals surface area contributed by atoms with Crippen LogP contribution in [0.3, 0.4) is 0 Å². The van der Waals surface area contributed by atoms with Gasteiger partial charge in [-0.2, -0.15) is 0 Å². The molecule has 34 heavy (non-hydrogen) atoms. The molecule has 1 saturated carbocycles. The van der Waals surface area contributed by atoms with Gasteiger partial charge in [0, 0.05) is 12.6 Å². The summed E-state index contributed by atoms with van der Waals surface area (Å²) in [5.74, 6) is 1.16. The number of furan rings is 1. The van der Waals surface area contributed by atoms with Crippen LogP contribution in [0, 0.1) is 0 Å². The fraction of sp³-hybridized carbons (Fsp3) is 0.407. The molecular formula is C27H31N3O4. The molecule has 0 spiro atoms. The third-order valence-electron chi connectivity index (χ3n) is 7.21. The third kappa shape index (κ3) is 4.00. The fourth-order valence-electron chi connectivity index (χ4n) is 5.16. The summed E-state index contributed by atoms with van der Waals surface area (Å²) >= 11 is 0. The van der Waals surface area contributed by atoms with Crippen molar-refractivity contribution >= 4 is 11.8 Å². The average molecular weight is 462 g/mol. The van der Waals surface area contributed by atoms with Gasteiger partial charge in [0.25, 0.3) is 5.91 Å². The molecule has 0 bridgehead atoms. The minimum absolute atomic E-state index is 0.106. The number of carbonyl (C=O) groups excluding carboxylic acids is 2. The van der Waals surface area contributed by atoms with Crippen molar-refractivity contribution in [1.29, 1.82) is 0 Å². The Labute approximate surface area is 199 Å². The number of fused-ring (bicyclic) bond motifs is 1. The molecule has 178 valence electrons. The van der Waals surface area contributed by atoms with Crippen molar-refractivity contribution in [3.63, 3.8) is 0 Å². The van der Waals surface area contributed by atoms with E-state index in [9.17, 15) is 9.59 Å². The van der Waals surface area contributed by atoms with E-state index in [0.29, 0.717) is 24.5 Å². The number of methoxy groups -OCH3 is 1. The molecule has 3 aromatic rings. The first-order valence-electron chi connectivity index (χ1n) is 12.0. The summed E-state index contributed by atoms with van der Waals surface area (Å²) in [6.07, 6.45) is 7.05. The lowest BCUT2D eigenvalue weighted by atomic mass is 9.91. The maximum absolute atomic E-state index is 13.8. The molecule has 1 fully saturated rings. The number of nitrogens with one attached hydrogen (secondary N) is 1. The van der Waals surface area contributed by atoms with E-state index in [1.807, 2.05) is 60.0 Å². The minimum Gasteiger partial charge on any atom is -0.497 e. The highest BCUT2D eigenvalue weighted by Crippen LogP contribution is 2.35. The number of amides is 2. The van der Waals surface area contributed by atoms with Crippen molar-refractivity contribution in [2.45, 2.75) is 63.7 Å². The van der Waals surface area contributed by atoms with Gasteiger partial charge in [0.05, 0.1) is 25.6 Å². The van der Waals surface area contributed by atoms with E-state index < -0.39 is 5.54 Å². The van der Waals surface area contributed by atoms with E-state index in [-0.39, 0.29) is 17.9 Å². The quantitative estimate of drug-likeness (QED) is 0.581. The van der Waals surface area contributed by atoms with Crippen molar-refractivity contribution in [3.8, 4) is 17.2 Å². The van der Waals surface area contributed by atoms with Gasteiger partial charge < -0.3 is 23.9 Å². The monoisotopic (exact) mass is 461 g/mol. The summed E-state index contributed by atoms with van der Waals surface area (Å²) < 4.78 is 12.8. The number of rotatable bonds is 6. The number of aromatic nitrogens is 1. The first kappa shape index (κ1) is 22.3. The maximum Gasteiger partial charge on any atom is 0.271 e.